The molecule has 1 aromatic carbocycles. The Kier molecular flexibility index (Phi) is 2.59. The lowest BCUT2D eigenvalue weighted by molar-refractivity contribution is -0.123. The minimum absolute atomic E-state index is 0.0430. The number of amides is 1. The number of nitrogens with two attached hydrogens (primary N) is 1. The molecule has 1 saturated carbocycles. The third-order valence-electron chi connectivity index (χ3n) is 3.37. The van der Waals surface area contributed by atoms with E-state index in [9.17, 15) is 4.79 Å². The molecule has 1 aliphatic carbocycles. The SMILES string of the molecule is NC1(C(=O)NCCc2cc3ccccc3o2)CC1. The van der Waals surface area contributed by atoms with E-state index < -0.39 is 5.54 Å². The monoisotopic (exact) mass is 244 g/mol. The van der Waals surface area contributed by atoms with E-state index in [-0.39, 0.29) is 5.91 Å². The topological polar surface area (TPSA) is 68.3 Å². The van der Waals surface area contributed by atoms with Gasteiger partial charge in [0, 0.05) is 18.4 Å². The first-order valence-electron chi connectivity index (χ1n) is 6.22. The van der Waals surface area contributed by atoms with Crippen LogP contribution in [-0.4, -0.2) is 18.0 Å². The second-order valence-electron chi connectivity index (χ2n) is 4.91. The molecule has 1 amide bonds. The standard InChI is InChI=1S/C14H16N2O2/c15-14(6-7-14)13(17)16-8-5-11-9-10-3-1-2-4-12(10)18-11/h1-4,9H,5-8,15H2,(H,16,17). The van der Waals surface area contributed by atoms with Gasteiger partial charge in [0.05, 0.1) is 5.54 Å². The van der Waals surface area contributed by atoms with Crippen molar-refractivity contribution >= 4 is 16.9 Å². The molecule has 94 valence electrons. The molecule has 3 N–H and O–H groups in total. The second-order valence-corrected chi connectivity index (χ2v) is 4.91. The van der Waals surface area contributed by atoms with Gasteiger partial charge in [-0.25, -0.2) is 0 Å². The number of carbonyl (C=O) groups is 1. The number of hydrogen-bond donors (Lipinski definition) is 2. The van der Waals surface area contributed by atoms with Crippen molar-refractivity contribution in [3.63, 3.8) is 0 Å². The molecule has 2 aromatic rings. The molecule has 1 aromatic heterocycles. The largest absolute Gasteiger partial charge is 0.461 e. The van der Waals surface area contributed by atoms with Crippen LogP contribution in [0, 0.1) is 0 Å². The number of carbonyl (C=O) groups excluding carboxylic acids is 1. The van der Waals surface area contributed by atoms with E-state index in [1.54, 1.807) is 0 Å². The summed E-state index contributed by atoms with van der Waals surface area (Å²) in [6, 6.07) is 9.89. The lowest BCUT2D eigenvalue weighted by atomic mass is 10.2. The van der Waals surface area contributed by atoms with Gasteiger partial charge in [-0.2, -0.15) is 0 Å². The van der Waals surface area contributed by atoms with Crippen LogP contribution >= 0.6 is 0 Å². The molecule has 0 spiro atoms. The highest BCUT2D eigenvalue weighted by molar-refractivity contribution is 5.88. The summed E-state index contributed by atoms with van der Waals surface area (Å²) in [4.78, 5) is 11.6. The Labute approximate surface area is 105 Å². The van der Waals surface area contributed by atoms with Crippen molar-refractivity contribution in [2.45, 2.75) is 24.8 Å². The molecule has 0 atom stereocenters. The lowest BCUT2D eigenvalue weighted by Crippen LogP contribution is -2.43. The van der Waals surface area contributed by atoms with Crippen molar-refractivity contribution in [2.24, 2.45) is 5.73 Å². The first-order chi connectivity index (χ1) is 8.67. The van der Waals surface area contributed by atoms with Crippen LogP contribution in [-0.2, 0) is 11.2 Å². The number of nitrogens with one attached hydrogen (secondary N) is 1. The smallest absolute Gasteiger partial charge is 0.240 e. The molecule has 0 aliphatic heterocycles. The van der Waals surface area contributed by atoms with E-state index in [2.05, 4.69) is 5.32 Å². The zero-order valence-corrected chi connectivity index (χ0v) is 10.1. The van der Waals surface area contributed by atoms with Crippen molar-refractivity contribution in [1.29, 1.82) is 0 Å². The maximum atomic E-state index is 11.6. The number of furan rings is 1. The van der Waals surface area contributed by atoms with Gasteiger partial charge in [0.25, 0.3) is 0 Å². The molecule has 18 heavy (non-hydrogen) atoms. The Morgan fingerprint density at radius 2 is 2.17 bits per heavy atom. The van der Waals surface area contributed by atoms with Crippen LogP contribution in [0.1, 0.15) is 18.6 Å². The minimum atomic E-state index is -0.589. The van der Waals surface area contributed by atoms with Crippen molar-refractivity contribution in [3.05, 3.63) is 36.1 Å². The molecular weight excluding hydrogens is 228 g/mol. The molecule has 0 bridgehead atoms. The third-order valence-corrected chi connectivity index (χ3v) is 3.37. The van der Waals surface area contributed by atoms with Crippen LogP contribution < -0.4 is 11.1 Å². The predicted octanol–water partition coefficient (Wildman–Crippen LogP) is 1.58. The van der Waals surface area contributed by atoms with Crippen LogP contribution in [0.3, 0.4) is 0 Å². The normalized spacial score (nSPS) is 16.7. The summed E-state index contributed by atoms with van der Waals surface area (Å²) in [5.41, 5.74) is 6.09. The number of rotatable bonds is 4. The van der Waals surface area contributed by atoms with Crippen LogP contribution in [0.4, 0.5) is 0 Å². The highest BCUT2D eigenvalue weighted by atomic mass is 16.3. The van der Waals surface area contributed by atoms with Gasteiger partial charge in [-0.15, -0.1) is 0 Å². The second kappa shape index (κ2) is 4.14. The van der Waals surface area contributed by atoms with E-state index in [1.165, 1.54) is 0 Å². The average molecular weight is 244 g/mol. The molecule has 1 aliphatic rings. The van der Waals surface area contributed by atoms with Crippen molar-refractivity contribution < 1.29 is 9.21 Å². The van der Waals surface area contributed by atoms with E-state index in [1.807, 2.05) is 30.3 Å². The van der Waals surface area contributed by atoms with Crippen molar-refractivity contribution in [2.75, 3.05) is 6.54 Å². The van der Waals surface area contributed by atoms with Crippen molar-refractivity contribution in [1.82, 2.24) is 5.32 Å². The molecule has 0 radical (unpaired) electrons. The molecular formula is C14H16N2O2. The quantitative estimate of drug-likeness (QED) is 0.858. The van der Waals surface area contributed by atoms with Gasteiger partial charge in [0.2, 0.25) is 5.91 Å². The Morgan fingerprint density at radius 3 is 2.89 bits per heavy atom. The maximum Gasteiger partial charge on any atom is 0.240 e. The van der Waals surface area contributed by atoms with Gasteiger partial charge in [0.15, 0.2) is 0 Å². The van der Waals surface area contributed by atoms with Gasteiger partial charge in [-0.3, -0.25) is 4.79 Å². The lowest BCUT2D eigenvalue weighted by Gasteiger charge is -2.08. The Morgan fingerprint density at radius 1 is 1.39 bits per heavy atom. The Bertz CT molecular complexity index is 551. The highest BCUT2D eigenvalue weighted by Gasteiger charge is 2.45. The fraction of sp³-hybridized carbons (Fsp3) is 0.357. The summed E-state index contributed by atoms with van der Waals surface area (Å²) in [5, 5.41) is 3.95. The van der Waals surface area contributed by atoms with E-state index in [0.29, 0.717) is 13.0 Å². The van der Waals surface area contributed by atoms with Gasteiger partial charge in [-0.1, -0.05) is 18.2 Å². The van der Waals surface area contributed by atoms with E-state index in [4.69, 9.17) is 10.2 Å². The fourth-order valence-electron chi connectivity index (χ4n) is 2.00. The summed E-state index contributed by atoms with van der Waals surface area (Å²) < 4.78 is 5.67. The van der Waals surface area contributed by atoms with Gasteiger partial charge < -0.3 is 15.5 Å². The highest BCUT2D eigenvalue weighted by Crippen LogP contribution is 2.32. The average Bonchev–Trinajstić information content (AvgIpc) is 2.99. The maximum absolute atomic E-state index is 11.6. The predicted molar refractivity (Wildman–Crippen MR) is 69.1 cm³/mol. The van der Waals surface area contributed by atoms with E-state index >= 15 is 0 Å². The van der Waals surface area contributed by atoms with Crippen LogP contribution in [0.2, 0.25) is 0 Å². The fourth-order valence-corrected chi connectivity index (χ4v) is 2.00. The number of para-hydroxylation sites is 1. The summed E-state index contributed by atoms with van der Waals surface area (Å²) in [5.74, 6) is 0.844. The third kappa shape index (κ3) is 2.11. The first-order valence-corrected chi connectivity index (χ1v) is 6.22. The zero-order chi connectivity index (χ0) is 12.6. The van der Waals surface area contributed by atoms with Gasteiger partial charge >= 0.3 is 0 Å². The molecule has 1 heterocycles. The Balaban J connectivity index is 1.58. The van der Waals surface area contributed by atoms with Crippen LogP contribution in [0.25, 0.3) is 11.0 Å². The molecule has 4 nitrogen and oxygen atoms in total. The zero-order valence-electron chi connectivity index (χ0n) is 10.1. The number of fused-ring (bicyclic) bond motifs is 1. The summed E-state index contributed by atoms with van der Waals surface area (Å²) in [7, 11) is 0. The van der Waals surface area contributed by atoms with E-state index in [0.717, 1.165) is 29.6 Å². The first kappa shape index (κ1) is 11.3. The number of benzene rings is 1. The molecule has 0 unspecified atom stereocenters. The van der Waals surface area contributed by atoms with Crippen LogP contribution in [0.15, 0.2) is 34.7 Å². The van der Waals surface area contributed by atoms with Crippen LogP contribution in [0.5, 0.6) is 0 Å². The molecule has 4 heteroatoms. The molecule has 0 saturated heterocycles. The van der Waals surface area contributed by atoms with Crippen molar-refractivity contribution in [3.8, 4) is 0 Å². The summed E-state index contributed by atoms with van der Waals surface area (Å²) in [6.45, 7) is 0.567. The van der Waals surface area contributed by atoms with Gasteiger partial charge in [0.1, 0.15) is 11.3 Å². The molecule has 1 fully saturated rings. The summed E-state index contributed by atoms with van der Waals surface area (Å²) in [6.07, 6.45) is 2.28. The molecule has 3 rings (SSSR count). The number of hydrogen-bond acceptors (Lipinski definition) is 3. The minimum Gasteiger partial charge on any atom is -0.461 e. The Hall–Kier alpha value is -1.81. The summed E-state index contributed by atoms with van der Waals surface area (Å²) >= 11 is 0. The van der Waals surface area contributed by atoms with Gasteiger partial charge in [-0.05, 0) is 25.0 Å².